The van der Waals surface area contributed by atoms with Gasteiger partial charge in [0.05, 0.1) is 0 Å². The van der Waals surface area contributed by atoms with Gasteiger partial charge in [0.1, 0.15) is 0 Å². The molecular weight excluding hydrogens is 543 g/mol. The van der Waals surface area contributed by atoms with Gasteiger partial charge in [0.15, 0.2) is 0 Å². The summed E-state index contributed by atoms with van der Waals surface area (Å²) in [7, 11) is 0. The van der Waals surface area contributed by atoms with Crippen LogP contribution in [0.25, 0.3) is 0 Å². The van der Waals surface area contributed by atoms with E-state index in [0.717, 1.165) is 57.8 Å². The Bertz CT molecular complexity index is 366. The van der Waals surface area contributed by atoms with Crippen LogP contribution in [0.4, 0.5) is 0 Å². The molecule has 0 fully saturated rings. The smallest absolute Gasteiger partial charge is 0.550 e. The van der Waals surface area contributed by atoms with Gasteiger partial charge in [0.2, 0.25) is 0 Å². The van der Waals surface area contributed by atoms with E-state index < -0.39 is 17.9 Å². The van der Waals surface area contributed by atoms with Crippen LogP contribution in [0.2, 0.25) is 0 Å². The molecule has 0 aliphatic heterocycles. The molecule has 31 heavy (non-hydrogen) atoms. The number of rotatable bonds is 15. The third-order valence-electron chi connectivity index (χ3n) is 5.20. The van der Waals surface area contributed by atoms with Gasteiger partial charge in [-0.05, 0) is 56.3 Å². The maximum atomic E-state index is 10.3. The normalized spacial score (nSPS) is 12.6. The molecule has 0 rings (SSSR count). The zero-order chi connectivity index (χ0) is 23.9. The molecule has 6 nitrogen and oxygen atoms in total. The summed E-state index contributed by atoms with van der Waals surface area (Å²) in [4.78, 5) is 31.0. The van der Waals surface area contributed by atoms with Gasteiger partial charge >= 0.3 is 38.6 Å². The maximum Gasteiger partial charge on any atom is 3.00 e. The molecule has 0 aromatic rings. The fourth-order valence-corrected chi connectivity index (χ4v) is 2.82. The van der Waals surface area contributed by atoms with Crippen LogP contribution in [-0.4, -0.2) is 17.9 Å². The van der Waals surface area contributed by atoms with Crippen LogP contribution in [0.5, 0.6) is 0 Å². The van der Waals surface area contributed by atoms with Crippen LogP contribution in [0.15, 0.2) is 0 Å². The Morgan fingerprint density at radius 1 is 0.516 bits per heavy atom. The average molecular weight is 589 g/mol. The van der Waals surface area contributed by atoms with Gasteiger partial charge in [-0.3, -0.25) is 0 Å². The summed E-state index contributed by atoms with van der Waals surface area (Å²) in [5.41, 5.74) is 0. The van der Waals surface area contributed by atoms with Crippen LogP contribution in [0.1, 0.15) is 119 Å². The van der Waals surface area contributed by atoms with E-state index in [1.165, 1.54) is 0 Å². The number of aliphatic carboxylic acids is 3. The third-order valence-corrected chi connectivity index (χ3v) is 5.20. The Morgan fingerprint density at radius 2 is 0.710 bits per heavy atom. The molecule has 0 aromatic carbocycles. The zero-order valence-corrected chi connectivity index (χ0v) is 22.6. The average Bonchev–Trinajstić information content (AvgIpc) is 2.70. The Labute approximate surface area is 221 Å². The van der Waals surface area contributed by atoms with E-state index in [2.05, 4.69) is 20.8 Å². The van der Waals surface area contributed by atoms with Crippen molar-refractivity contribution in [2.75, 3.05) is 0 Å². The Morgan fingerprint density at radius 3 is 0.806 bits per heavy atom. The fourth-order valence-electron chi connectivity index (χ4n) is 2.82. The van der Waals surface area contributed by atoms with E-state index >= 15 is 0 Å². The minimum atomic E-state index is -0.893. The first-order valence-corrected chi connectivity index (χ1v) is 11.8. The third kappa shape index (κ3) is 25.8. The summed E-state index contributed by atoms with van der Waals surface area (Å²) in [6, 6.07) is 0. The fraction of sp³-hybridized carbons (Fsp3) is 0.875. The summed E-state index contributed by atoms with van der Waals surface area (Å²) >= 11 is 0. The standard InChI is InChI=1S/3C8H16O2.Tb/c3*1-3-5-6-7(4-2)8(9)10;/h3*7H,3-6H2,1-2H3,(H,9,10);/q;;;+3/p-3. The van der Waals surface area contributed by atoms with Crippen molar-refractivity contribution in [3.63, 3.8) is 0 Å². The van der Waals surface area contributed by atoms with Crippen molar-refractivity contribution in [3.05, 3.63) is 0 Å². The van der Waals surface area contributed by atoms with Crippen molar-refractivity contribution in [2.45, 2.75) is 119 Å². The summed E-state index contributed by atoms with van der Waals surface area (Å²) in [5.74, 6) is -3.34. The van der Waals surface area contributed by atoms with E-state index in [-0.39, 0.29) is 56.4 Å². The second kappa shape index (κ2) is 27.7. The topological polar surface area (TPSA) is 120 Å². The van der Waals surface area contributed by atoms with Gasteiger partial charge in [0, 0.05) is 17.9 Å². The van der Waals surface area contributed by atoms with Crippen LogP contribution in [0, 0.1) is 56.4 Å². The van der Waals surface area contributed by atoms with E-state index in [4.69, 9.17) is 0 Å². The molecular formula is C24H45O6Tb. The van der Waals surface area contributed by atoms with Gasteiger partial charge < -0.3 is 29.7 Å². The van der Waals surface area contributed by atoms with Gasteiger partial charge in [-0.1, -0.05) is 80.1 Å². The van der Waals surface area contributed by atoms with Crippen molar-refractivity contribution in [2.24, 2.45) is 17.8 Å². The second-order valence-corrected chi connectivity index (χ2v) is 7.70. The van der Waals surface area contributed by atoms with Crippen LogP contribution < -0.4 is 15.3 Å². The molecule has 0 aliphatic carbocycles. The SMILES string of the molecule is CCCCC(CC)C(=O)[O-].CCCCC(CC)C(=O)[O-].CCCCC(CC)C(=O)[O-].[Tb+3]. The van der Waals surface area contributed by atoms with Gasteiger partial charge in [0.25, 0.3) is 0 Å². The quantitative estimate of drug-likeness (QED) is 0.290. The molecule has 3 unspecified atom stereocenters. The van der Waals surface area contributed by atoms with Crippen LogP contribution in [-0.2, 0) is 14.4 Å². The van der Waals surface area contributed by atoms with Gasteiger partial charge in [-0.2, -0.15) is 0 Å². The molecule has 7 heteroatoms. The Kier molecular flexibility index (Phi) is 34.0. The van der Waals surface area contributed by atoms with Crippen molar-refractivity contribution in [1.29, 1.82) is 0 Å². The molecule has 0 radical (unpaired) electrons. The molecule has 0 heterocycles. The number of carbonyl (C=O) groups excluding carboxylic acids is 3. The first-order valence-electron chi connectivity index (χ1n) is 11.8. The summed E-state index contributed by atoms with van der Waals surface area (Å²) in [5, 5.41) is 31.0. The molecule has 186 valence electrons. The van der Waals surface area contributed by atoms with Crippen molar-refractivity contribution >= 4 is 17.9 Å². The van der Waals surface area contributed by atoms with E-state index in [9.17, 15) is 29.7 Å². The molecule has 0 aromatic heterocycles. The van der Waals surface area contributed by atoms with E-state index in [1.807, 2.05) is 20.8 Å². The minimum absolute atomic E-state index is 0. The van der Waals surface area contributed by atoms with E-state index in [1.54, 1.807) is 0 Å². The summed E-state index contributed by atoms with van der Waals surface area (Å²) in [6.45, 7) is 11.8. The summed E-state index contributed by atoms with van der Waals surface area (Å²) < 4.78 is 0. The van der Waals surface area contributed by atoms with Gasteiger partial charge in [-0.25, -0.2) is 0 Å². The van der Waals surface area contributed by atoms with E-state index in [0.29, 0.717) is 19.3 Å². The largest absolute Gasteiger partial charge is 3.00 e. The molecule has 0 amide bonds. The number of hydrogen-bond donors (Lipinski definition) is 0. The molecule has 0 bridgehead atoms. The number of unbranched alkanes of at least 4 members (excludes halogenated alkanes) is 3. The van der Waals surface area contributed by atoms with Crippen LogP contribution in [0.3, 0.4) is 0 Å². The number of hydrogen-bond acceptors (Lipinski definition) is 6. The molecule has 3 atom stereocenters. The summed E-state index contributed by atoms with van der Waals surface area (Å²) in [6.07, 6.45) is 10.6. The second-order valence-electron chi connectivity index (χ2n) is 7.70. The first-order chi connectivity index (χ1) is 14.2. The predicted molar refractivity (Wildman–Crippen MR) is 115 cm³/mol. The monoisotopic (exact) mass is 588 g/mol. The number of carboxylic acid groups (broad SMARTS) is 3. The Balaban J connectivity index is -0.000000174. The van der Waals surface area contributed by atoms with Crippen molar-refractivity contribution in [1.82, 2.24) is 0 Å². The molecule has 0 aliphatic rings. The minimum Gasteiger partial charge on any atom is -0.550 e. The molecule has 0 spiro atoms. The van der Waals surface area contributed by atoms with Crippen molar-refractivity contribution < 1.29 is 68.3 Å². The molecule has 0 N–H and O–H groups in total. The molecule has 0 saturated heterocycles. The first kappa shape index (κ1) is 38.0. The predicted octanol–water partition coefficient (Wildman–Crippen LogP) is 2.86. The number of carboxylic acids is 3. The maximum absolute atomic E-state index is 10.3. The van der Waals surface area contributed by atoms with Crippen molar-refractivity contribution in [3.8, 4) is 0 Å². The van der Waals surface area contributed by atoms with Gasteiger partial charge in [-0.15, -0.1) is 0 Å². The number of carbonyl (C=O) groups is 3. The Hall–Kier alpha value is -0.304. The molecule has 0 saturated carbocycles. The zero-order valence-electron chi connectivity index (χ0n) is 20.5. The van der Waals surface area contributed by atoms with Crippen LogP contribution >= 0.6 is 0 Å².